The molecule has 0 amide bonds. The molecular formula is C8H17NOS. The third-order valence-corrected chi connectivity index (χ3v) is 4.48. The Kier molecular flexibility index (Phi) is 2.40. The number of hydrogen-bond donors (Lipinski definition) is 1. The van der Waals surface area contributed by atoms with Crippen molar-refractivity contribution in [3.8, 4) is 0 Å². The average molecular weight is 175 g/mol. The SMILES string of the molecule is CC1NC(C)(C)CS(=O)C1C. The first-order valence-electron chi connectivity index (χ1n) is 4.07. The Labute approximate surface area is 71.2 Å². The van der Waals surface area contributed by atoms with Gasteiger partial charge >= 0.3 is 0 Å². The number of rotatable bonds is 0. The van der Waals surface area contributed by atoms with Crippen molar-refractivity contribution < 1.29 is 4.21 Å². The van der Waals surface area contributed by atoms with Crippen LogP contribution < -0.4 is 5.32 Å². The van der Waals surface area contributed by atoms with Crippen molar-refractivity contribution in [2.24, 2.45) is 0 Å². The van der Waals surface area contributed by atoms with Crippen LogP contribution in [0.4, 0.5) is 0 Å². The van der Waals surface area contributed by atoms with Gasteiger partial charge in [0.2, 0.25) is 0 Å². The van der Waals surface area contributed by atoms with E-state index < -0.39 is 10.8 Å². The molecule has 0 saturated carbocycles. The van der Waals surface area contributed by atoms with E-state index in [1.165, 1.54) is 0 Å². The van der Waals surface area contributed by atoms with E-state index >= 15 is 0 Å². The van der Waals surface area contributed by atoms with E-state index in [1.807, 2.05) is 6.92 Å². The minimum absolute atomic E-state index is 0.0524. The molecule has 0 spiro atoms. The molecule has 66 valence electrons. The molecule has 0 aliphatic carbocycles. The van der Waals surface area contributed by atoms with Crippen molar-refractivity contribution in [3.63, 3.8) is 0 Å². The van der Waals surface area contributed by atoms with E-state index in [4.69, 9.17) is 0 Å². The molecule has 1 fully saturated rings. The zero-order chi connectivity index (χ0) is 8.65. The molecule has 2 nitrogen and oxygen atoms in total. The Balaban J connectivity index is 2.70. The fourth-order valence-electron chi connectivity index (χ4n) is 1.49. The maximum atomic E-state index is 11.5. The van der Waals surface area contributed by atoms with E-state index in [1.54, 1.807) is 0 Å². The maximum absolute atomic E-state index is 11.5. The largest absolute Gasteiger partial charge is 0.307 e. The topological polar surface area (TPSA) is 29.1 Å². The molecule has 1 N–H and O–H groups in total. The molecule has 1 saturated heterocycles. The molecule has 1 aliphatic heterocycles. The van der Waals surface area contributed by atoms with Crippen LogP contribution in [0.15, 0.2) is 0 Å². The fraction of sp³-hybridized carbons (Fsp3) is 1.00. The molecule has 0 aromatic rings. The summed E-state index contributed by atoms with van der Waals surface area (Å²) in [6.45, 7) is 8.35. The van der Waals surface area contributed by atoms with Crippen LogP contribution in [0.1, 0.15) is 27.7 Å². The van der Waals surface area contributed by atoms with Crippen LogP contribution >= 0.6 is 0 Å². The maximum Gasteiger partial charge on any atom is 0.0471 e. The summed E-state index contributed by atoms with van der Waals surface area (Å²) < 4.78 is 11.5. The van der Waals surface area contributed by atoms with E-state index in [0.29, 0.717) is 11.3 Å². The van der Waals surface area contributed by atoms with Gasteiger partial charge < -0.3 is 5.32 Å². The lowest BCUT2D eigenvalue weighted by Crippen LogP contribution is -2.58. The second kappa shape index (κ2) is 2.87. The summed E-state index contributed by atoms with van der Waals surface area (Å²) in [5.74, 6) is 0.776. The van der Waals surface area contributed by atoms with Gasteiger partial charge in [0.1, 0.15) is 0 Å². The Morgan fingerprint density at radius 2 is 2.00 bits per heavy atom. The van der Waals surface area contributed by atoms with Gasteiger partial charge in [-0.05, 0) is 27.7 Å². The normalized spacial score (nSPS) is 43.8. The molecule has 3 atom stereocenters. The Bertz CT molecular complexity index is 179. The summed E-state index contributed by atoms with van der Waals surface area (Å²) >= 11 is 0. The monoisotopic (exact) mass is 175 g/mol. The van der Waals surface area contributed by atoms with Crippen molar-refractivity contribution in [1.82, 2.24) is 5.32 Å². The quantitative estimate of drug-likeness (QED) is 0.592. The molecule has 1 heterocycles. The van der Waals surface area contributed by atoms with E-state index in [2.05, 4.69) is 26.1 Å². The lowest BCUT2D eigenvalue weighted by molar-refractivity contribution is 0.354. The van der Waals surface area contributed by atoms with Crippen LogP contribution in [-0.2, 0) is 10.8 Å². The van der Waals surface area contributed by atoms with E-state index in [0.717, 1.165) is 5.75 Å². The third kappa shape index (κ3) is 2.03. The second-order valence-corrected chi connectivity index (χ2v) is 5.84. The van der Waals surface area contributed by atoms with Crippen molar-refractivity contribution in [2.75, 3.05) is 5.75 Å². The molecule has 3 heteroatoms. The Morgan fingerprint density at radius 1 is 1.45 bits per heavy atom. The van der Waals surface area contributed by atoms with Gasteiger partial charge in [-0.15, -0.1) is 0 Å². The molecule has 0 bridgehead atoms. The smallest absolute Gasteiger partial charge is 0.0471 e. The predicted molar refractivity (Wildman–Crippen MR) is 49.1 cm³/mol. The summed E-state index contributed by atoms with van der Waals surface area (Å²) in [6, 6.07) is 0.375. The first kappa shape index (κ1) is 9.20. The highest BCUT2D eigenvalue weighted by Crippen LogP contribution is 2.18. The highest BCUT2D eigenvalue weighted by atomic mass is 32.2. The van der Waals surface area contributed by atoms with Crippen LogP contribution in [0, 0.1) is 0 Å². The fourth-order valence-corrected chi connectivity index (χ4v) is 3.07. The van der Waals surface area contributed by atoms with Crippen LogP contribution in [-0.4, -0.2) is 26.8 Å². The predicted octanol–water partition coefficient (Wildman–Crippen LogP) is 0.894. The first-order chi connectivity index (χ1) is 4.92. The molecule has 1 aliphatic rings. The van der Waals surface area contributed by atoms with Gasteiger partial charge in [-0.25, -0.2) is 0 Å². The minimum Gasteiger partial charge on any atom is -0.307 e. The highest BCUT2D eigenvalue weighted by molar-refractivity contribution is 7.85. The third-order valence-electron chi connectivity index (χ3n) is 2.24. The Hall–Kier alpha value is 0.110. The van der Waals surface area contributed by atoms with E-state index in [9.17, 15) is 4.21 Å². The summed E-state index contributed by atoms with van der Waals surface area (Å²) in [5.41, 5.74) is 0.0524. The van der Waals surface area contributed by atoms with Gasteiger partial charge in [0.05, 0.1) is 0 Å². The van der Waals surface area contributed by atoms with Crippen LogP contribution in [0.2, 0.25) is 0 Å². The summed E-state index contributed by atoms with van der Waals surface area (Å²) in [6.07, 6.45) is 0. The van der Waals surface area contributed by atoms with Crippen LogP contribution in [0.5, 0.6) is 0 Å². The standard InChI is InChI=1S/C8H17NOS/c1-6-7(2)11(10)5-8(3,4)9-6/h6-7,9H,5H2,1-4H3. The van der Waals surface area contributed by atoms with Crippen molar-refractivity contribution >= 4 is 10.8 Å². The summed E-state index contributed by atoms with van der Waals surface area (Å²) in [7, 11) is -0.647. The van der Waals surface area contributed by atoms with Crippen LogP contribution in [0.25, 0.3) is 0 Å². The molecule has 0 aromatic carbocycles. The summed E-state index contributed by atoms with van der Waals surface area (Å²) in [4.78, 5) is 0. The average Bonchev–Trinajstić information content (AvgIpc) is 1.81. The van der Waals surface area contributed by atoms with Gasteiger partial charge in [0.25, 0.3) is 0 Å². The highest BCUT2D eigenvalue weighted by Gasteiger charge is 2.34. The zero-order valence-corrected chi connectivity index (χ0v) is 8.49. The van der Waals surface area contributed by atoms with Crippen molar-refractivity contribution in [1.29, 1.82) is 0 Å². The Morgan fingerprint density at radius 3 is 2.45 bits per heavy atom. The minimum atomic E-state index is -0.647. The first-order valence-corrected chi connectivity index (χ1v) is 5.45. The number of hydrogen-bond acceptors (Lipinski definition) is 2. The van der Waals surface area contributed by atoms with Crippen molar-refractivity contribution in [2.45, 2.75) is 44.5 Å². The molecule has 3 unspecified atom stereocenters. The zero-order valence-electron chi connectivity index (χ0n) is 7.68. The van der Waals surface area contributed by atoms with Crippen molar-refractivity contribution in [3.05, 3.63) is 0 Å². The lowest BCUT2D eigenvalue weighted by Gasteiger charge is -2.38. The van der Waals surface area contributed by atoms with Crippen LogP contribution in [0.3, 0.4) is 0 Å². The second-order valence-electron chi connectivity index (χ2n) is 4.05. The van der Waals surface area contributed by atoms with Gasteiger partial charge in [0.15, 0.2) is 0 Å². The molecule has 11 heavy (non-hydrogen) atoms. The lowest BCUT2D eigenvalue weighted by atomic mass is 10.1. The van der Waals surface area contributed by atoms with Gasteiger partial charge in [0, 0.05) is 33.4 Å². The summed E-state index contributed by atoms with van der Waals surface area (Å²) in [5, 5.41) is 3.74. The van der Waals surface area contributed by atoms with Gasteiger partial charge in [-0.1, -0.05) is 0 Å². The van der Waals surface area contributed by atoms with Gasteiger partial charge in [-0.2, -0.15) is 0 Å². The molecule has 0 aromatic heterocycles. The van der Waals surface area contributed by atoms with Gasteiger partial charge in [-0.3, -0.25) is 4.21 Å². The molecule has 0 radical (unpaired) electrons. The van der Waals surface area contributed by atoms with E-state index in [-0.39, 0.29) is 5.54 Å². The molecular weight excluding hydrogens is 158 g/mol. The molecule has 1 rings (SSSR count). The number of nitrogens with one attached hydrogen (secondary N) is 1.